The lowest BCUT2D eigenvalue weighted by atomic mass is 10.0. The molecule has 0 saturated heterocycles. The smallest absolute Gasteiger partial charge is 0.132 e. The van der Waals surface area contributed by atoms with Gasteiger partial charge in [0.05, 0.1) is 0 Å². The average Bonchev–Trinajstić information content (AvgIpc) is 1.84. The molecular formula is C8H14BrFO. The lowest BCUT2D eigenvalue weighted by molar-refractivity contribution is -0.118. The Bertz CT molecular complexity index is 136. The second-order valence-corrected chi connectivity index (χ2v) is 4.17. The van der Waals surface area contributed by atoms with Crippen molar-refractivity contribution in [2.24, 2.45) is 5.92 Å². The molecule has 0 bridgehead atoms. The van der Waals surface area contributed by atoms with Crippen molar-refractivity contribution >= 4 is 21.7 Å². The van der Waals surface area contributed by atoms with Crippen LogP contribution in [0.15, 0.2) is 0 Å². The predicted molar refractivity (Wildman–Crippen MR) is 47.7 cm³/mol. The first-order valence-corrected chi connectivity index (χ1v) is 4.64. The predicted octanol–water partition coefficient (Wildman–Crippen LogP) is 2.72. The molecule has 66 valence electrons. The number of hydrogen-bond donors (Lipinski definition) is 0. The van der Waals surface area contributed by atoms with Gasteiger partial charge in [-0.25, -0.2) is 4.39 Å². The number of carbonyl (C=O) groups excluding carboxylic acids is 1. The molecule has 0 heterocycles. The molecule has 0 aromatic rings. The number of halogens is 2. The van der Waals surface area contributed by atoms with E-state index in [1.54, 1.807) is 0 Å². The third kappa shape index (κ3) is 4.51. The fourth-order valence-electron chi connectivity index (χ4n) is 0.805. The molecular weight excluding hydrogens is 211 g/mol. The van der Waals surface area contributed by atoms with Gasteiger partial charge < -0.3 is 0 Å². The third-order valence-electron chi connectivity index (χ3n) is 1.46. The Morgan fingerprint density at radius 1 is 1.55 bits per heavy atom. The maximum atomic E-state index is 13.0. The first-order chi connectivity index (χ1) is 4.95. The van der Waals surface area contributed by atoms with Crippen molar-refractivity contribution in [3.8, 4) is 0 Å². The second-order valence-electron chi connectivity index (χ2n) is 3.11. The normalized spacial score (nSPS) is 16.5. The number of carbonyl (C=O) groups is 1. The molecule has 1 nitrogen and oxygen atoms in total. The largest absolute Gasteiger partial charge is 0.300 e. The van der Waals surface area contributed by atoms with Crippen molar-refractivity contribution in [3.05, 3.63) is 0 Å². The first kappa shape index (κ1) is 11.1. The molecule has 0 spiro atoms. The molecule has 0 aliphatic heterocycles. The minimum Gasteiger partial charge on any atom is -0.300 e. The summed E-state index contributed by atoms with van der Waals surface area (Å²) in [4.78, 5) is 10.3. The number of Topliss-reactive ketones (excluding diaryl/α,β-unsaturated/α-hetero) is 1. The number of hydrogen-bond acceptors (Lipinski definition) is 1. The minimum atomic E-state index is -1.05. The van der Waals surface area contributed by atoms with E-state index < -0.39 is 6.17 Å². The quantitative estimate of drug-likeness (QED) is 0.672. The van der Waals surface area contributed by atoms with Gasteiger partial charge >= 0.3 is 0 Å². The van der Waals surface area contributed by atoms with E-state index in [9.17, 15) is 9.18 Å². The Hall–Kier alpha value is 0.0800. The zero-order valence-corrected chi connectivity index (χ0v) is 8.69. The van der Waals surface area contributed by atoms with Crippen LogP contribution < -0.4 is 0 Å². The van der Waals surface area contributed by atoms with E-state index in [2.05, 4.69) is 15.9 Å². The fourth-order valence-corrected chi connectivity index (χ4v) is 0.992. The molecule has 0 aromatic heterocycles. The summed E-state index contributed by atoms with van der Waals surface area (Å²) < 4.78 is 13.0. The van der Waals surface area contributed by atoms with Gasteiger partial charge in [-0.3, -0.25) is 4.79 Å². The van der Waals surface area contributed by atoms with E-state index in [1.807, 2.05) is 13.8 Å². The van der Waals surface area contributed by atoms with Gasteiger partial charge in [-0.15, -0.1) is 0 Å². The molecule has 0 amide bonds. The monoisotopic (exact) mass is 224 g/mol. The Labute approximate surface area is 75.5 Å². The molecule has 0 radical (unpaired) electrons. The lowest BCUT2D eigenvalue weighted by Gasteiger charge is -2.16. The van der Waals surface area contributed by atoms with Crippen LogP contribution >= 0.6 is 15.9 Å². The third-order valence-corrected chi connectivity index (χ3v) is 3.10. The Balaban J connectivity index is 3.82. The van der Waals surface area contributed by atoms with Crippen LogP contribution in [0.4, 0.5) is 4.39 Å². The van der Waals surface area contributed by atoms with Crippen molar-refractivity contribution in [2.75, 3.05) is 0 Å². The molecule has 0 aliphatic rings. The highest BCUT2D eigenvalue weighted by Gasteiger charge is 2.22. The molecule has 0 aromatic carbocycles. The molecule has 2 atom stereocenters. The topological polar surface area (TPSA) is 17.1 Å². The van der Waals surface area contributed by atoms with Crippen LogP contribution in [0.25, 0.3) is 0 Å². The van der Waals surface area contributed by atoms with E-state index in [4.69, 9.17) is 0 Å². The van der Waals surface area contributed by atoms with Crippen molar-refractivity contribution in [3.63, 3.8) is 0 Å². The van der Waals surface area contributed by atoms with E-state index in [1.165, 1.54) is 6.92 Å². The van der Waals surface area contributed by atoms with Gasteiger partial charge in [-0.05, 0) is 12.8 Å². The van der Waals surface area contributed by atoms with Crippen LogP contribution in [0.3, 0.4) is 0 Å². The van der Waals surface area contributed by atoms with E-state index in [0.29, 0.717) is 0 Å². The standard InChI is InChI=1S/C8H14BrFO/c1-5(2)8(9)7(10)4-6(3)11/h5,7-8H,4H2,1-3H3/t7?,8-/m1/s1. The summed E-state index contributed by atoms with van der Waals surface area (Å²) in [6, 6.07) is 0. The summed E-state index contributed by atoms with van der Waals surface area (Å²) in [6.07, 6.45) is -1.03. The molecule has 0 N–H and O–H groups in total. The maximum absolute atomic E-state index is 13.0. The molecule has 3 heteroatoms. The van der Waals surface area contributed by atoms with Gasteiger partial charge in [-0.1, -0.05) is 29.8 Å². The average molecular weight is 225 g/mol. The SMILES string of the molecule is CC(=O)CC(F)[C@H](Br)C(C)C. The second kappa shape index (κ2) is 4.86. The van der Waals surface area contributed by atoms with Crippen LogP contribution in [0.5, 0.6) is 0 Å². The summed E-state index contributed by atoms with van der Waals surface area (Å²) in [6.45, 7) is 5.25. The van der Waals surface area contributed by atoms with Crippen molar-refractivity contribution < 1.29 is 9.18 Å². The van der Waals surface area contributed by atoms with Crippen molar-refractivity contribution in [1.29, 1.82) is 0 Å². The first-order valence-electron chi connectivity index (χ1n) is 3.72. The van der Waals surface area contributed by atoms with Crippen LogP contribution in [0, 0.1) is 5.92 Å². The Morgan fingerprint density at radius 3 is 2.27 bits per heavy atom. The van der Waals surface area contributed by atoms with Gasteiger partial charge in [0.25, 0.3) is 0 Å². The number of alkyl halides is 2. The van der Waals surface area contributed by atoms with Crippen LogP contribution in [0.2, 0.25) is 0 Å². The Kier molecular flexibility index (Phi) is 4.89. The van der Waals surface area contributed by atoms with Crippen LogP contribution in [-0.2, 0) is 4.79 Å². The number of rotatable bonds is 4. The highest BCUT2D eigenvalue weighted by Crippen LogP contribution is 2.21. The zero-order valence-electron chi connectivity index (χ0n) is 7.10. The number of ketones is 1. The molecule has 0 aliphatic carbocycles. The van der Waals surface area contributed by atoms with Gasteiger partial charge in [0, 0.05) is 11.2 Å². The van der Waals surface area contributed by atoms with E-state index >= 15 is 0 Å². The fraction of sp³-hybridized carbons (Fsp3) is 0.875. The van der Waals surface area contributed by atoms with E-state index in [-0.39, 0.29) is 22.9 Å². The maximum Gasteiger partial charge on any atom is 0.132 e. The van der Waals surface area contributed by atoms with E-state index in [0.717, 1.165) is 0 Å². The summed E-state index contributed by atoms with van der Waals surface area (Å²) >= 11 is 3.21. The lowest BCUT2D eigenvalue weighted by Crippen LogP contribution is -2.23. The van der Waals surface area contributed by atoms with Crippen LogP contribution in [0.1, 0.15) is 27.2 Å². The molecule has 0 fully saturated rings. The molecule has 0 rings (SSSR count). The van der Waals surface area contributed by atoms with Crippen molar-refractivity contribution in [2.45, 2.75) is 38.2 Å². The van der Waals surface area contributed by atoms with Gasteiger partial charge in [0.2, 0.25) is 0 Å². The highest BCUT2D eigenvalue weighted by molar-refractivity contribution is 9.09. The molecule has 11 heavy (non-hydrogen) atoms. The summed E-state index contributed by atoms with van der Waals surface area (Å²) in [7, 11) is 0. The van der Waals surface area contributed by atoms with Gasteiger partial charge in [0.15, 0.2) is 0 Å². The summed E-state index contributed by atoms with van der Waals surface area (Å²) in [5.41, 5.74) is 0. The minimum absolute atomic E-state index is 0.0219. The van der Waals surface area contributed by atoms with Crippen LogP contribution in [-0.4, -0.2) is 16.8 Å². The summed E-state index contributed by atoms with van der Waals surface area (Å²) in [5, 5.41) is 0. The van der Waals surface area contributed by atoms with Gasteiger partial charge in [-0.2, -0.15) is 0 Å². The molecule has 1 unspecified atom stereocenters. The molecule has 0 saturated carbocycles. The highest BCUT2D eigenvalue weighted by atomic mass is 79.9. The van der Waals surface area contributed by atoms with Crippen molar-refractivity contribution in [1.82, 2.24) is 0 Å². The Morgan fingerprint density at radius 2 is 2.00 bits per heavy atom. The van der Waals surface area contributed by atoms with Gasteiger partial charge in [0.1, 0.15) is 12.0 Å². The zero-order chi connectivity index (χ0) is 9.02. The summed E-state index contributed by atoms with van der Waals surface area (Å²) in [5.74, 6) is 0.131.